The zero-order chi connectivity index (χ0) is 8.10. The van der Waals surface area contributed by atoms with Crippen molar-refractivity contribution in [3.05, 3.63) is 0 Å². The van der Waals surface area contributed by atoms with E-state index < -0.39 is 0 Å². The van der Waals surface area contributed by atoms with Crippen LogP contribution in [0.5, 0.6) is 0 Å². The lowest BCUT2D eigenvalue weighted by atomic mass is 10.2. The zero-order valence-corrected chi connectivity index (χ0v) is 7.25. The molecule has 66 valence electrons. The lowest BCUT2D eigenvalue weighted by Crippen LogP contribution is -2.32. The summed E-state index contributed by atoms with van der Waals surface area (Å²) in [5.41, 5.74) is 5.42. The summed E-state index contributed by atoms with van der Waals surface area (Å²) >= 11 is 0. The molecule has 11 heavy (non-hydrogen) atoms. The largest absolute Gasteiger partial charge is 0.377 e. The molecule has 2 N–H and O–H groups in total. The minimum Gasteiger partial charge on any atom is -0.377 e. The summed E-state index contributed by atoms with van der Waals surface area (Å²) in [6, 6.07) is 0. The summed E-state index contributed by atoms with van der Waals surface area (Å²) in [7, 11) is 2.09. The Kier molecular flexibility index (Phi) is 3.83. The summed E-state index contributed by atoms with van der Waals surface area (Å²) < 4.78 is 5.49. The van der Waals surface area contributed by atoms with Gasteiger partial charge in [-0.15, -0.1) is 0 Å². The molecule has 1 saturated heterocycles. The SMILES string of the molecule is CN(CCN)C[C@H]1CCCO1. The maximum atomic E-state index is 5.49. The summed E-state index contributed by atoms with van der Waals surface area (Å²) in [5, 5.41) is 0. The molecule has 0 amide bonds. The number of hydrogen-bond donors (Lipinski definition) is 1. The Bertz CT molecular complexity index is 102. The van der Waals surface area contributed by atoms with Crippen LogP contribution in [0.2, 0.25) is 0 Å². The molecule has 3 nitrogen and oxygen atoms in total. The van der Waals surface area contributed by atoms with Gasteiger partial charge in [-0.3, -0.25) is 0 Å². The minimum atomic E-state index is 0.464. The van der Waals surface area contributed by atoms with Crippen LogP contribution >= 0.6 is 0 Å². The van der Waals surface area contributed by atoms with Gasteiger partial charge in [-0.25, -0.2) is 0 Å². The summed E-state index contributed by atoms with van der Waals surface area (Å²) in [6.07, 6.45) is 2.90. The fraction of sp³-hybridized carbons (Fsp3) is 1.00. The second kappa shape index (κ2) is 4.70. The predicted octanol–water partition coefficient (Wildman–Crippen LogP) is 0.0559. The van der Waals surface area contributed by atoms with Crippen molar-refractivity contribution in [2.24, 2.45) is 5.73 Å². The smallest absolute Gasteiger partial charge is 0.0702 e. The van der Waals surface area contributed by atoms with Crippen LogP contribution in [0.15, 0.2) is 0 Å². The standard InChI is InChI=1S/C8H18N2O/c1-10(5-4-9)7-8-3-2-6-11-8/h8H,2-7,9H2,1H3/t8-/m1/s1. The van der Waals surface area contributed by atoms with Gasteiger partial charge in [0, 0.05) is 26.2 Å². The van der Waals surface area contributed by atoms with Crippen LogP contribution in [0, 0.1) is 0 Å². The number of nitrogens with two attached hydrogens (primary N) is 1. The highest BCUT2D eigenvalue weighted by Crippen LogP contribution is 2.12. The minimum absolute atomic E-state index is 0.464. The Morgan fingerprint density at radius 2 is 2.45 bits per heavy atom. The van der Waals surface area contributed by atoms with Crippen LogP contribution in [0.25, 0.3) is 0 Å². The van der Waals surface area contributed by atoms with Crippen LogP contribution in [0.4, 0.5) is 0 Å². The van der Waals surface area contributed by atoms with Crippen molar-refractivity contribution in [3.63, 3.8) is 0 Å². The van der Waals surface area contributed by atoms with Gasteiger partial charge in [0.05, 0.1) is 6.10 Å². The molecular weight excluding hydrogens is 140 g/mol. The van der Waals surface area contributed by atoms with E-state index in [2.05, 4.69) is 11.9 Å². The predicted molar refractivity (Wildman–Crippen MR) is 45.5 cm³/mol. The number of likely N-dealkylation sites (N-methyl/N-ethyl adjacent to an activating group) is 1. The second-order valence-electron chi connectivity index (χ2n) is 3.19. The van der Waals surface area contributed by atoms with Crippen LogP contribution in [-0.2, 0) is 4.74 Å². The van der Waals surface area contributed by atoms with Crippen molar-refractivity contribution in [1.82, 2.24) is 4.90 Å². The maximum absolute atomic E-state index is 5.49. The molecule has 0 aromatic carbocycles. The summed E-state index contributed by atoms with van der Waals surface area (Å²) in [4.78, 5) is 2.23. The molecule has 0 bridgehead atoms. The van der Waals surface area contributed by atoms with Crippen molar-refractivity contribution in [2.75, 3.05) is 33.3 Å². The molecule has 1 atom stereocenters. The number of hydrogen-bond acceptors (Lipinski definition) is 3. The van der Waals surface area contributed by atoms with E-state index in [9.17, 15) is 0 Å². The lowest BCUT2D eigenvalue weighted by molar-refractivity contribution is 0.0821. The molecule has 1 rings (SSSR count). The average molecular weight is 158 g/mol. The molecule has 0 saturated carbocycles. The first-order valence-electron chi connectivity index (χ1n) is 4.33. The van der Waals surface area contributed by atoms with E-state index in [0.29, 0.717) is 6.10 Å². The average Bonchev–Trinajstić information content (AvgIpc) is 2.40. The third kappa shape index (κ3) is 3.18. The van der Waals surface area contributed by atoms with Gasteiger partial charge in [0.25, 0.3) is 0 Å². The first-order valence-corrected chi connectivity index (χ1v) is 4.33. The fourth-order valence-corrected chi connectivity index (χ4v) is 1.45. The molecule has 0 aromatic heterocycles. The van der Waals surface area contributed by atoms with E-state index in [1.807, 2.05) is 0 Å². The molecule has 1 aliphatic heterocycles. The van der Waals surface area contributed by atoms with Crippen LogP contribution in [-0.4, -0.2) is 44.3 Å². The molecule has 1 aliphatic rings. The van der Waals surface area contributed by atoms with Crippen molar-refractivity contribution in [3.8, 4) is 0 Å². The van der Waals surface area contributed by atoms with Crippen LogP contribution in [0.3, 0.4) is 0 Å². The molecule has 1 heterocycles. The van der Waals surface area contributed by atoms with Crippen LogP contribution < -0.4 is 5.73 Å². The first kappa shape index (κ1) is 8.97. The lowest BCUT2D eigenvalue weighted by Gasteiger charge is -2.19. The van der Waals surface area contributed by atoms with Gasteiger partial charge in [-0.1, -0.05) is 0 Å². The van der Waals surface area contributed by atoms with Crippen molar-refractivity contribution >= 4 is 0 Å². The number of nitrogens with zero attached hydrogens (tertiary/aromatic N) is 1. The van der Waals surface area contributed by atoms with E-state index in [1.54, 1.807) is 0 Å². The van der Waals surface area contributed by atoms with Crippen molar-refractivity contribution in [2.45, 2.75) is 18.9 Å². The number of rotatable bonds is 4. The second-order valence-corrected chi connectivity index (χ2v) is 3.19. The molecule has 0 aromatic rings. The first-order chi connectivity index (χ1) is 5.33. The Morgan fingerprint density at radius 3 is 3.00 bits per heavy atom. The summed E-state index contributed by atoms with van der Waals surface area (Å²) in [6.45, 7) is 3.70. The van der Waals surface area contributed by atoms with Crippen molar-refractivity contribution < 1.29 is 4.74 Å². The number of ether oxygens (including phenoxy) is 1. The molecule has 0 spiro atoms. The van der Waals surface area contributed by atoms with Gasteiger partial charge >= 0.3 is 0 Å². The maximum Gasteiger partial charge on any atom is 0.0702 e. The monoisotopic (exact) mass is 158 g/mol. The molecule has 1 fully saturated rings. The quantitative estimate of drug-likeness (QED) is 0.628. The molecule has 3 heteroatoms. The van der Waals surface area contributed by atoms with Crippen molar-refractivity contribution in [1.29, 1.82) is 0 Å². The van der Waals surface area contributed by atoms with Gasteiger partial charge in [-0.05, 0) is 19.9 Å². The van der Waals surface area contributed by atoms with E-state index in [1.165, 1.54) is 12.8 Å². The van der Waals surface area contributed by atoms with Gasteiger partial charge in [0.1, 0.15) is 0 Å². The highest BCUT2D eigenvalue weighted by atomic mass is 16.5. The van der Waals surface area contributed by atoms with E-state index in [0.717, 1.165) is 26.2 Å². The normalized spacial score (nSPS) is 24.8. The van der Waals surface area contributed by atoms with Gasteiger partial charge in [-0.2, -0.15) is 0 Å². The molecule has 0 unspecified atom stereocenters. The van der Waals surface area contributed by atoms with E-state index in [-0.39, 0.29) is 0 Å². The van der Waals surface area contributed by atoms with Crippen LogP contribution in [0.1, 0.15) is 12.8 Å². The Balaban J connectivity index is 2.08. The highest BCUT2D eigenvalue weighted by molar-refractivity contribution is 4.68. The van der Waals surface area contributed by atoms with Gasteiger partial charge < -0.3 is 15.4 Å². The van der Waals surface area contributed by atoms with E-state index >= 15 is 0 Å². The molecular formula is C8H18N2O. The Morgan fingerprint density at radius 1 is 1.64 bits per heavy atom. The molecule has 0 radical (unpaired) electrons. The van der Waals surface area contributed by atoms with E-state index in [4.69, 9.17) is 10.5 Å². The Labute approximate surface area is 68.5 Å². The highest BCUT2D eigenvalue weighted by Gasteiger charge is 2.16. The molecule has 0 aliphatic carbocycles. The third-order valence-electron chi connectivity index (χ3n) is 2.05. The third-order valence-corrected chi connectivity index (χ3v) is 2.05. The Hall–Kier alpha value is -0.120. The summed E-state index contributed by atoms with van der Waals surface area (Å²) in [5.74, 6) is 0. The topological polar surface area (TPSA) is 38.5 Å². The fourth-order valence-electron chi connectivity index (χ4n) is 1.45. The van der Waals surface area contributed by atoms with Gasteiger partial charge in [0.2, 0.25) is 0 Å². The zero-order valence-electron chi connectivity index (χ0n) is 7.25. The van der Waals surface area contributed by atoms with Gasteiger partial charge in [0.15, 0.2) is 0 Å².